The second-order valence-electron chi connectivity index (χ2n) is 6.84. The molecule has 0 aliphatic carbocycles. The summed E-state index contributed by atoms with van der Waals surface area (Å²) >= 11 is 0. The van der Waals surface area contributed by atoms with Gasteiger partial charge in [-0.3, -0.25) is 14.3 Å². The monoisotopic (exact) mass is 384 g/mol. The van der Waals surface area contributed by atoms with Crippen LogP contribution < -0.4 is 0 Å². The number of amides is 2. The van der Waals surface area contributed by atoms with E-state index in [0.717, 1.165) is 11.3 Å². The van der Waals surface area contributed by atoms with Crippen LogP contribution in [0.4, 0.5) is 0 Å². The van der Waals surface area contributed by atoms with Gasteiger partial charge in [-0.15, -0.1) is 0 Å². The Morgan fingerprint density at radius 1 is 1.18 bits per heavy atom. The number of carbonyl (C=O) groups is 3. The molecule has 1 saturated heterocycles. The Morgan fingerprint density at radius 3 is 2.64 bits per heavy atom. The van der Waals surface area contributed by atoms with Crippen LogP contribution in [0.15, 0.2) is 30.3 Å². The maximum atomic E-state index is 12.8. The third kappa shape index (κ3) is 4.21. The van der Waals surface area contributed by atoms with Crippen LogP contribution in [0.1, 0.15) is 38.5 Å². The van der Waals surface area contributed by atoms with Crippen molar-refractivity contribution in [3.05, 3.63) is 52.8 Å². The van der Waals surface area contributed by atoms with E-state index in [1.807, 2.05) is 13.0 Å². The van der Waals surface area contributed by atoms with Crippen molar-refractivity contribution < 1.29 is 19.1 Å². The van der Waals surface area contributed by atoms with Gasteiger partial charge in [0.25, 0.3) is 5.91 Å². The van der Waals surface area contributed by atoms with Crippen molar-refractivity contribution in [3.8, 4) is 0 Å². The standard InChI is InChI=1S/C20H24N4O4/c1-14-11-17(22(2)21-14)19(26)23-8-7-18(25)24(10-9-23)13-15-5-4-6-16(12-15)20(27)28-3/h4-6,11-12H,7-10,13H2,1-3H3. The number of methoxy groups -OCH3 is 1. The molecule has 0 atom stereocenters. The third-order valence-electron chi connectivity index (χ3n) is 4.82. The second-order valence-corrected chi connectivity index (χ2v) is 6.84. The van der Waals surface area contributed by atoms with Gasteiger partial charge in [-0.25, -0.2) is 4.79 Å². The van der Waals surface area contributed by atoms with Crippen molar-refractivity contribution in [1.29, 1.82) is 0 Å². The van der Waals surface area contributed by atoms with Gasteiger partial charge in [0.15, 0.2) is 0 Å². The number of aryl methyl sites for hydroxylation is 2. The zero-order valence-electron chi connectivity index (χ0n) is 16.3. The number of hydrogen-bond acceptors (Lipinski definition) is 5. The number of aromatic nitrogens is 2. The largest absolute Gasteiger partial charge is 0.465 e. The van der Waals surface area contributed by atoms with E-state index in [1.165, 1.54) is 7.11 Å². The van der Waals surface area contributed by atoms with E-state index in [9.17, 15) is 14.4 Å². The molecule has 1 aromatic carbocycles. The van der Waals surface area contributed by atoms with Gasteiger partial charge in [0.05, 0.1) is 18.4 Å². The van der Waals surface area contributed by atoms with Crippen LogP contribution in [0, 0.1) is 6.92 Å². The predicted molar refractivity (Wildman–Crippen MR) is 102 cm³/mol. The molecule has 0 bridgehead atoms. The van der Waals surface area contributed by atoms with Gasteiger partial charge in [0.2, 0.25) is 5.91 Å². The van der Waals surface area contributed by atoms with E-state index in [2.05, 4.69) is 5.10 Å². The zero-order chi connectivity index (χ0) is 20.3. The van der Waals surface area contributed by atoms with Crippen LogP contribution in [0.25, 0.3) is 0 Å². The molecule has 148 valence electrons. The van der Waals surface area contributed by atoms with E-state index in [-0.39, 0.29) is 18.2 Å². The summed E-state index contributed by atoms with van der Waals surface area (Å²) < 4.78 is 6.32. The van der Waals surface area contributed by atoms with Gasteiger partial charge in [0.1, 0.15) is 5.69 Å². The maximum absolute atomic E-state index is 12.8. The van der Waals surface area contributed by atoms with Gasteiger partial charge < -0.3 is 14.5 Å². The smallest absolute Gasteiger partial charge is 0.337 e. The zero-order valence-corrected chi connectivity index (χ0v) is 16.3. The minimum absolute atomic E-state index is 0.0139. The molecular formula is C20H24N4O4. The Balaban J connectivity index is 1.69. The molecule has 3 rings (SSSR count). The lowest BCUT2D eigenvalue weighted by Gasteiger charge is -2.22. The number of hydrogen-bond donors (Lipinski definition) is 0. The van der Waals surface area contributed by atoms with Gasteiger partial charge >= 0.3 is 5.97 Å². The first kappa shape index (κ1) is 19.6. The fourth-order valence-corrected chi connectivity index (χ4v) is 3.34. The molecule has 28 heavy (non-hydrogen) atoms. The Hall–Kier alpha value is -3.16. The van der Waals surface area contributed by atoms with Gasteiger partial charge in [0, 0.05) is 39.6 Å². The highest BCUT2D eigenvalue weighted by Gasteiger charge is 2.26. The fourth-order valence-electron chi connectivity index (χ4n) is 3.34. The number of carbonyl (C=O) groups excluding carboxylic acids is 3. The van der Waals surface area contributed by atoms with E-state index in [4.69, 9.17) is 4.74 Å². The van der Waals surface area contributed by atoms with E-state index in [1.54, 1.807) is 45.8 Å². The van der Waals surface area contributed by atoms with Crippen LogP contribution >= 0.6 is 0 Å². The molecule has 2 heterocycles. The lowest BCUT2D eigenvalue weighted by molar-refractivity contribution is -0.130. The number of rotatable bonds is 4. The molecule has 1 fully saturated rings. The van der Waals surface area contributed by atoms with E-state index >= 15 is 0 Å². The number of benzene rings is 1. The average Bonchev–Trinajstić information content (AvgIpc) is 2.92. The van der Waals surface area contributed by atoms with Crippen LogP contribution in [-0.2, 0) is 23.1 Å². The first-order chi connectivity index (χ1) is 13.4. The lowest BCUT2D eigenvalue weighted by Crippen LogP contribution is -2.36. The second kappa shape index (κ2) is 8.24. The molecule has 0 radical (unpaired) electrons. The molecule has 1 aliphatic heterocycles. The van der Waals surface area contributed by atoms with Crippen molar-refractivity contribution in [3.63, 3.8) is 0 Å². The Labute approximate surface area is 163 Å². The summed E-state index contributed by atoms with van der Waals surface area (Å²) in [6, 6.07) is 8.79. The van der Waals surface area contributed by atoms with Crippen LogP contribution in [-0.4, -0.2) is 64.1 Å². The molecule has 0 N–H and O–H groups in total. The number of ether oxygens (including phenoxy) is 1. The van der Waals surface area contributed by atoms with E-state index in [0.29, 0.717) is 37.4 Å². The van der Waals surface area contributed by atoms with Crippen molar-refractivity contribution in [2.24, 2.45) is 7.05 Å². The topological polar surface area (TPSA) is 84.7 Å². The minimum Gasteiger partial charge on any atom is -0.465 e. The highest BCUT2D eigenvalue weighted by atomic mass is 16.5. The summed E-state index contributed by atoms with van der Waals surface area (Å²) in [7, 11) is 3.08. The Kier molecular flexibility index (Phi) is 5.77. The molecule has 0 spiro atoms. The predicted octanol–water partition coefficient (Wildman–Crippen LogP) is 1.39. The Morgan fingerprint density at radius 2 is 1.96 bits per heavy atom. The Bertz CT molecular complexity index is 905. The molecule has 8 nitrogen and oxygen atoms in total. The highest BCUT2D eigenvalue weighted by molar-refractivity contribution is 5.93. The fraction of sp³-hybridized carbons (Fsp3) is 0.400. The summed E-state index contributed by atoms with van der Waals surface area (Å²) in [5.74, 6) is -0.544. The molecule has 0 saturated carbocycles. The van der Waals surface area contributed by atoms with Crippen LogP contribution in [0.2, 0.25) is 0 Å². The van der Waals surface area contributed by atoms with Gasteiger partial charge in [-0.1, -0.05) is 12.1 Å². The first-order valence-corrected chi connectivity index (χ1v) is 9.14. The third-order valence-corrected chi connectivity index (χ3v) is 4.82. The van der Waals surface area contributed by atoms with Crippen molar-refractivity contribution in [2.45, 2.75) is 19.9 Å². The first-order valence-electron chi connectivity index (χ1n) is 9.14. The number of nitrogens with zero attached hydrogens (tertiary/aromatic N) is 4. The normalized spacial score (nSPS) is 14.8. The highest BCUT2D eigenvalue weighted by Crippen LogP contribution is 2.15. The summed E-state index contributed by atoms with van der Waals surface area (Å²) in [5, 5.41) is 4.22. The average molecular weight is 384 g/mol. The minimum atomic E-state index is -0.410. The molecule has 1 aromatic heterocycles. The van der Waals surface area contributed by atoms with Gasteiger partial charge in [-0.05, 0) is 30.7 Å². The molecule has 0 unspecified atom stereocenters. The summed E-state index contributed by atoms with van der Waals surface area (Å²) in [4.78, 5) is 40.5. The van der Waals surface area contributed by atoms with Crippen molar-refractivity contribution >= 4 is 17.8 Å². The van der Waals surface area contributed by atoms with Gasteiger partial charge in [-0.2, -0.15) is 5.10 Å². The summed E-state index contributed by atoms with van der Waals surface area (Å²) in [6.45, 7) is 3.49. The molecule has 8 heteroatoms. The van der Waals surface area contributed by atoms with Crippen molar-refractivity contribution in [2.75, 3.05) is 26.7 Å². The number of esters is 1. The molecule has 2 amide bonds. The summed E-state index contributed by atoms with van der Waals surface area (Å²) in [6.07, 6.45) is 0.263. The van der Waals surface area contributed by atoms with Crippen molar-refractivity contribution in [1.82, 2.24) is 19.6 Å². The molecular weight excluding hydrogens is 360 g/mol. The summed E-state index contributed by atoms with van der Waals surface area (Å²) in [5.41, 5.74) is 2.59. The molecule has 1 aliphatic rings. The van der Waals surface area contributed by atoms with Crippen LogP contribution in [0.5, 0.6) is 0 Å². The molecule has 2 aromatic rings. The quantitative estimate of drug-likeness (QED) is 0.744. The maximum Gasteiger partial charge on any atom is 0.337 e. The van der Waals surface area contributed by atoms with Crippen LogP contribution in [0.3, 0.4) is 0 Å². The SMILES string of the molecule is COC(=O)c1cccc(CN2CCN(C(=O)c3cc(C)nn3C)CCC2=O)c1. The lowest BCUT2D eigenvalue weighted by atomic mass is 10.1. The van der Waals surface area contributed by atoms with E-state index < -0.39 is 5.97 Å².